The fraction of sp³-hybridized carbons (Fsp3) is 0.565. The second-order valence-corrected chi connectivity index (χ2v) is 9.29. The normalized spacial score (nSPS) is 23.3. The molecular formula is C23H31BrN4O2. The van der Waals surface area contributed by atoms with Crippen LogP contribution in [0.5, 0.6) is 0 Å². The van der Waals surface area contributed by atoms with E-state index >= 15 is 0 Å². The summed E-state index contributed by atoms with van der Waals surface area (Å²) in [5.74, 6) is 0.296. The zero-order valence-corrected chi connectivity index (χ0v) is 19.6. The average Bonchev–Trinajstić information content (AvgIpc) is 3.05. The third-order valence-electron chi connectivity index (χ3n) is 6.77. The van der Waals surface area contributed by atoms with Gasteiger partial charge >= 0.3 is 6.03 Å². The van der Waals surface area contributed by atoms with E-state index in [0.717, 1.165) is 48.8 Å². The van der Waals surface area contributed by atoms with E-state index in [-0.39, 0.29) is 12.1 Å². The van der Waals surface area contributed by atoms with Gasteiger partial charge in [-0.1, -0.05) is 6.92 Å². The van der Waals surface area contributed by atoms with E-state index in [2.05, 4.69) is 44.1 Å². The molecule has 1 aliphatic heterocycles. The number of fused-ring (bicyclic) bond motifs is 2. The maximum Gasteiger partial charge on any atom is 0.317 e. The van der Waals surface area contributed by atoms with Gasteiger partial charge in [0.2, 0.25) is 0 Å². The van der Waals surface area contributed by atoms with E-state index < -0.39 is 0 Å². The number of aromatic amines is 1. The van der Waals surface area contributed by atoms with Gasteiger partial charge in [-0.3, -0.25) is 9.69 Å². The van der Waals surface area contributed by atoms with Gasteiger partial charge in [0.05, 0.1) is 4.60 Å². The second kappa shape index (κ2) is 8.71. The first-order chi connectivity index (χ1) is 14.5. The summed E-state index contributed by atoms with van der Waals surface area (Å²) >= 11 is 3.71. The predicted octanol–water partition coefficient (Wildman–Crippen LogP) is 4.29. The summed E-state index contributed by atoms with van der Waals surface area (Å²) < 4.78 is 1.02. The number of piperidine rings is 1. The van der Waals surface area contributed by atoms with Crippen LogP contribution < -0.4 is 5.32 Å². The molecule has 1 aliphatic carbocycles. The van der Waals surface area contributed by atoms with Crippen molar-refractivity contribution in [2.24, 2.45) is 0 Å². The van der Waals surface area contributed by atoms with E-state index in [0.29, 0.717) is 30.6 Å². The fourth-order valence-electron chi connectivity index (χ4n) is 5.43. The van der Waals surface area contributed by atoms with Gasteiger partial charge < -0.3 is 15.2 Å². The number of amides is 2. The van der Waals surface area contributed by atoms with Crippen molar-refractivity contribution in [3.8, 4) is 0 Å². The Bertz CT molecular complexity index is 952. The van der Waals surface area contributed by atoms with Gasteiger partial charge in [-0.15, -0.1) is 0 Å². The van der Waals surface area contributed by atoms with Crippen LogP contribution in [-0.4, -0.2) is 65.4 Å². The van der Waals surface area contributed by atoms with E-state index in [1.807, 2.05) is 24.8 Å². The highest BCUT2D eigenvalue weighted by molar-refractivity contribution is 9.10. The lowest BCUT2D eigenvalue weighted by Gasteiger charge is -2.47. The van der Waals surface area contributed by atoms with E-state index in [1.165, 1.54) is 16.5 Å². The Kier molecular flexibility index (Phi) is 6.21. The number of rotatable bonds is 6. The summed E-state index contributed by atoms with van der Waals surface area (Å²) in [6.45, 7) is 9.53. The average molecular weight is 475 g/mol. The third kappa shape index (κ3) is 3.66. The molecule has 2 aliphatic rings. The van der Waals surface area contributed by atoms with Crippen molar-refractivity contribution in [2.45, 2.75) is 58.0 Å². The van der Waals surface area contributed by atoms with Crippen molar-refractivity contribution >= 4 is 39.2 Å². The van der Waals surface area contributed by atoms with Gasteiger partial charge in [-0.25, -0.2) is 4.79 Å². The highest BCUT2D eigenvalue weighted by atomic mass is 79.9. The molecule has 6 nitrogen and oxygen atoms in total. The number of urea groups is 1. The molecule has 30 heavy (non-hydrogen) atoms. The molecule has 0 bridgehead atoms. The molecule has 0 spiro atoms. The number of halogens is 1. The Morgan fingerprint density at radius 2 is 2.10 bits per heavy atom. The van der Waals surface area contributed by atoms with Crippen molar-refractivity contribution < 1.29 is 9.59 Å². The number of likely N-dealkylation sites (tertiary alicyclic amines) is 1. The number of carbonyl (C=O) groups excluding carboxylic acids is 2. The molecule has 2 aromatic rings. The molecule has 0 radical (unpaired) electrons. The van der Waals surface area contributed by atoms with Gasteiger partial charge in [0, 0.05) is 54.1 Å². The largest absolute Gasteiger partial charge is 0.349 e. The van der Waals surface area contributed by atoms with Crippen LogP contribution in [0.15, 0.2) is 16.7 Å². The number of aromatic nitrogens is 1. The van der Waals surface area contributed by atoms with Crippen molar-refractivity contribution in [1.82, 2.24) is 20.1 Å². The number of aldehydes is 1. The lowest BCUT2D eigenvalue weighted by molar-refractivity contribution is 0.0978. The first-order valence-electron chi connectivity index (χ1n) is 11.1. The van der Waals surface area contributed by atoms with Crippen LogP contribution >= 0.6 is 15.9 Å². The molecule has 162 valence electrons. The number of hydrogen-bond donors (Lipinski definition) is 2. The number of nitrogens with zero attached hydrogens (tertiary/aromatic N) is 2. The molecular weight excluding hydrogens is 444 g/mol. The third-order valence-corrected chi connectivity index (χ3v) is 7.44. The molecule has 3 atom stereocenters. The molecule has 1 aromatic heterocycles. The molecule has 2 heterocycles. The van der Waals surface area contributed by atoms with E-state index in [1.54, 1.807) is 0 Å². The monoisotopic (exact) mass is 474 g/mol. The first kappa shape index (κ1) is 21.4. The smallest absolute Gasteiger partial charge is 0.317 e. The molecule has 0 unspecified atom stereocenters. The molecule has 0 saturated carbocycles. The summed E-state index contributed by atoms with van der Waals surface area (Å²) in [7, 11) is 0. The number of nitrogens with one attached hydrogen (secondary N) is 2. The Morgan fingerprint density at radius 1 is 1.33 bits per heavy atom. The lowest BCUT2D eigenvalue weighted by atomic mass is 9.73. The Balaban J connectivity index is 1.71. The number of H-pyrrole nitrogens is 1. The topological polar surface area (TPSA) is 68.4 Å². The molecule has 2 amide bonds. The molecule has 1 aromatic carbocycles. The maximum atomic E-state index is 12.7. The van der Waals surface area contributed by atoms with Crippen LogP contribution in [0, 0.1) is 0 Å². The highest BCUT2D eigenvalue weighted by Crippen LogP contribution is 2.46. The van der Waals surface area contributed by atoms with Crippen molar-refractivity contribution in [3.05, 3.63) is 33.4 Å². The summed E-state index contributed by atoms with van der Waals surface area (Å²) in [4.78, 5) is 32.1. The molecule has 2 N–H and O–H groups in total. The SMILES string of the molecule is CCCN1C[C@@H](NC(=O)N(CC)CC)C[C@@H]2c3cc(C=O)cc4[nH]c(Br)c(c34)C[C@H]21. The van der Waals surface area contributed by atoms with Crippen LogP contribution in [0.3, 0.4) is 0 Å². The first-order valence-corrected chi connectivity index (χ1v) is 11.9. The fourth-order valence-corrected chi connectivity index (χ4v) is 6.00. The van der Waals surface area contributed by atoms with Gasteiger partial charge in [0.1, 0.15) is 6.29 Å². The Morgan fingerprint density at radius 3 is 2.77 bits per heavy atom. The van der Waals surface area contributed by atoms with Gasteiger partial charge in [0.25, 0.3) is 0 Å². The summed E-state index contributed by atoms with van der Waals surface area (Å²) in [6.07, 6.45) is 3.89. The highest BCUT2D eigenvalue weighted by Gasteiger charge is 2.42. The standard InChI is InChI=1S/C23H31BrN4O2/c1-4-7-28-12-15(25-23(30)27(5-2)6-3)10-16-17-8-14(13-29)9-19-21(17)18(11-20(16)28)22(24)26-19/h8-9,13,15-16,20,26H,4-7,10-12H2,1-3H3,(H,25,30)/t15-,16+,20+/m0/s1. The van der Waals surface area contributed by atoms with Crippen molar-refractivity contribution in [1.29, 1.82) is 0 Å². The van der Waals surface area contributed by atoms with Gasteiger partial charge in [-0.2, -0.15) is 0 Å². The van der Waals surface area contributed by atoms with Crippen LogP contribution in [0.2, 0.25) is 0 Å². The van der Waals surface area contributed by atoms with Crippen LogP contribution in [0.1, 0.15) is 61.0 Å². The molecule has 1 fully saturated rings. The van der Waals surface area contributed by atoms with Gasteiger partial charge in [-0.05, 0) is 78.8 Å². The summed E-state index contributed by atoms with van der Waals surface area (Å²) in [6, 6.07) is 4.51. The van der Waals surface area contributed by atoms with Crippen LogP contribution in [-0.2, 0) is 6.42 Å². The number of hydrogen-bond acceptors (Lipinski definition) is 3. The van der Waals surface area contributed by atoms with Crippen LogP contribution in [0.4, 0.5) is 4.79 Å². The summed E-state index contributed by atoms with van der Waals surface area (Å²) in [5.41, 5.74) is 4.28. The van der Waals surface area contributed by atoms with Crippen LogP contribution in [0.25, 0.3) is 10.9 Å². The summed E-state index contributed by atoms with van der Waals surface area (Å²) in [5, 5.41) is 4.54. The zero-order chi connectivity index (χ0) is 21.4. The predicted molar refractivity (Wildman–Crippen MR) is 123 cm³/mol. The number of carbonyl (C=O) groups is 2. The quantitative estimate of drug-likeness (QED) is 0.613. The Hall–Kier alpha value is -1.86. The van der Waals surface area contributed by atoms with Crippen molar-refractivity contribution in [2.75, 3.05) is 26.2 Å². The minimum Gasteiger partial charge on any atom is -0.349 e. The lowest BCUT2D eigenvalue weighted by Crippen LogP contribution is -2.57. The van der Waals surface area contributed by atoms with Crippen molar-refractivity contribution in [3.63, 3.8) is 0 Å². The maximum absolute atomic E-state index is 12.7. The van der Waals surface area contributed by atoms with Gasteiger partial charge in [0.15, 0.2) is 0 Å². The number of benzene rings is 1. The minimum absolute atomic E-state index is 0.0209. The van der Waals surface area contributed by atoms with E-state index in [9.17, 15) is 9.59 Å². The Labute approximate surface area is 186 Å². The molecule has 7 heteroatoms. The molecule has 4 rings (SSSR count). The minimum atomic E-state index is 0.0209. The second-order valence-electron chi connectivity index (χ2n) is 8.50. The van der Waals surface area contributed by atoms with E-state index in [4.69, 9.17) is 0 Å². The molecule has 1 saturated heterocycles. The zero-order valence-electron chi connectivity index (χ0n) is 18.0.